The highest BCUT2D eigenvalue weighted by molar-refractivity contribution is 5.36. The van der Waals surface area contributed by atoms with Crippen LogP contribution in [0.2, 0.25) is 0 Å². The Morgan fingerprint density at radius 3 is 2.79 bits per heavy atom. The van der Waals surface area contributed by atoms with Gasteiger partial charge in [-0.15, -0.1) is 0 Å². The Morgan fingerprint density at radius 1 is 1.37 bits per heavy atom. The predicted octanol–water partition coefficient (Wildman–Crippen LogP) is 3.02. The lowest BCUT2D eigenvalue weighted by Gasteiger charge is -2.17. The Hall–Kier alpha value is -1.81. The molecule has 1 aromatic carbocycles. The van der Waals surface area contributed by atoms with Crippen LogP contribution >= 0.6 is 0 Å². The number of hydrogen-bond acceptors (Lipinski definition) is 2. The Bertz CT molecular complexity index is 551. The molecule has 3 nitrogen and oxygen atoms in total. The summed E-state index contributed by atoms with van der Waals surface area (Å²) in [6, 6.07) is 6.66. The van der Waals surface area contributed by atoms with E-state index < -0.39 is 0 Å². The van der Waals surface area contributed by atoms with E-state index in [-0.39, 0.29) is 11.9 Å². The maximum Gasteiger partial charge on any atom is 0.123 e. The molecule has 0 amide bonds. The molecule has 1 unspecified atom stereocenters. The zero-order valence-electron chi connectivity index (χ0n) is 11.5. The highest BCUT2D eigenvalue weighted by atomic mass is 19.1. The van der Waals surface area contributed by atoms with Crippen molar-refractivity contribution in [1.82, 2.24) is 9.88 Å². The third-order valence-electron chi connectivity index (χ3n) is 3.16. The molecule has 102 valence electrons. The number of halogens is 1. The van der Waals surface area contributed by atoms with Crippen LogP contribution < -0.4 is 10.1 Å². The normalized spacial score (nSPS) is 12.4. The second-order valence-electron chi connectivity index (χ2n) is 4.67. The molecular weight excluding hydrogens is 243 g/mol. The van der Waals surface area contributed by atoms with Crippen LogP contribution in [0, 0.1) is 5.82 Å². The van der Waals surface area contributed by atoms with Crippen molar-refractivity contribution in [2.45, 2.75) is 19.5 Å². The Kier molecular flexibility index (Phi) is 4.22. The third kappa shape index (κ3) is 3.35. The van der Waals surface area contributed by atoms with E-state index in [2.05, 4.69) is 17.6 Å². The SMILES string of the molecule is COc1ccc(F)cc1C(C)NCc1ccn(C)c1. The minimum Gasteiger partial charge on any atom is -0.496 e. The van der Waals surface area contributed by atoms with Crippen molar-refractivity contribution in [1.29, 1.82) is 0 Å². The van der Waals surface area contributed by atoms with Gasteiger partial charge in [0.25, 0.3) is 0 Å². The van der Waals surface area contributed by atoms with Crippen LogP contribution in [0.15, 0.2) is 36.7 Å². The zero-order chi connectivity index (χ0) is 13.8. The van der Waals surface area contributed by atoms with E-state index in [4.69, 9.17) is 4.74 Å². The number of aryl methyl sites for hydroxylation is 1. The molecule has 1 atom stereocenters. The predicted molar refractivity (Wildman–Crippen MR) is 73.6 cm³/mol. The largest absolute Gasteiger partial charge is 0.496 e. The van der Waals surface area contributed by atoms with Crippen molar-refractivity contribution in [3.05, 3.63) is 53.6 Å². The molecular formula is C15H19FN2O. The molecule has 1 aromatic heterocycles. The monoisotopic (exact) mass is 262 g/mol. The molecule has 1 N–H and O–H groups in total. The van der Waals surface area contributed by atoms with Crippen LogP contribution in [-0.2, 0) is 13.6 Å². The lowest BCUT2D eigenvalue weighted by atomic mass is 10.1. The number of methoxy groups -OCH3 is 1. The molecule has 2 aromatic rings. The Balaban J connectivity index is 2.06. The van der Waals surface area contributed by atoms with Crippen molar-refractivity contribution >= 4 is 0 Å². The van der Waals surface area contributed by atoms with E-state index in [1.54, 1.807) is 13.2 Å². The fraction of sp³-hybridized carbons (Fsp3) is 0.333. The number of ether oxygens (including phenoxy) is 1. The molecule has 19 heavy (non-hydrogen) atoms. The van der Waals surface area contributed by atoms with Gasteiger partial charge in [0.15, 0.2) is 0 Å². The molecule has 0 saturated carbocycles. The first-order valence-corrected chi connectivity index (χ1v) is 6.28. The molecule has 0 bridgehead atoms. The highest BCUT2D eigenvalue weighted by Gasteiger charge is 2.12. The standard InChI is InChI=1S/C15H19FN2O/c1-11(17-9-12-6-7-18(2)10-12)14-8-13(16)4-5-15(14)19-3/h4-8,10-11,17H,9H2,1-3H3. The summed E-state index contributed by atoms with van der Waals surface area (Å²) in [5, 5.41) is 3.37. The molecule has 0 fully saturated rings. The fourth-order valence-corrected chi connectivity index (χ4v) is 2.09. The summed E-state index contributed by atoms with van der Waals surface area (Å²) >= 11 is 0. The van der Waals surface area contributed by atoms with Gasteiger partial charge in [0.1, 0.15) is 11.6 Å². The number of nitrogens with zero attached hydrogens (tertiary/aromatic N) is 1. The average molecular weight is 262 g/mol. The molecule has 0 aliphatic carbocycles. The second kappa shape index (κ2) is 5.89. The van der Waals surface area contributed by atoms with Crippen LogP contribution in [0.4, 0.5) is 4.39 Å². The first-order valence-electron chi connectivity index (χ1n) is 6.28. The molecule has 0 spiro atoms. The van der Waals surface area contributed by atoms with Crippen molar-refractivity contribution in [3.8, 4) is 5.75 Å². The molecule has 2 rings (SSSR count). The van der Waals surface area contributed by atoms with Gasteiger partial charge in [0.2, 0.25) is 0 Å². The van der Waals surface area contributed by atoms with Crippen LogP contribution in [0.3, 0.4) is 0 Å². The Morgan fingerprint density at radius 2 is 2.16 bits per heavy atom. The first kappa shape index (κ1) is 13.6. The van der Waals surface area contributed by atoms with Gasteiger partial charge in [0.05, 0.1) is 7.11 Å². The number of aromatic nitrogens is 1. The molecule has 0 saturated heterocycles. The van der Waals surface area contributed by atoms with E-state index in [0.717, 1.165) is 12.1 Å². The van der Waals surface area contributed by atoms with Gasteiger partial charge < -0.3 is 14.6 Å². The summed E-state index contributed by atoms with van der Waals surface area (Å²) in [6.07, 6.45) is 4.06. The van der Waals surface area contributed by atoms with Gasteiger partial charge in [-0.05, 0) is 36.8 Å². The minimum atomic E-state index is -0.246. The van der Waals surface area contributed by atoms with Crippen molar-refractivity contribution in [2.24, 2.45) is 7.05 Å². The average Bonchev–Trinajstić information content (AvgIpc) is 2.81. The van der Waals surface area contributed by atoms with Crippen molar-refractivity contribution in [3.63, 3.8) is 0 Å². The zero-order valence-corrected chi connectivity index (χ0v) is 11.5. The summed E-state index contributed by atoms with van der Waals surface area (Å²) in [5.41, 5.74) is 2.03. The first-order chi connectivity index (χ1) is 9.10. The van der Waals surface area contributed by atoms with Crippen LogP contribution in [0.1, 0.15) is 24.1 Å². The van der Waals surface area contributed by atoms with Crippen LogP contribution in [0.5, 0.6) is 5.75 Å². The molecule has 4 heteroatoms. The van der Waals surface area contributed by atoms with E-state index >= 15 is 0 Å². The summed E-state index contributed by atoms with van der Waals surface area (Å²) < 4.78 is 20.6. The maximum absolute atomic E-state index is 13.3. The molecule has 0 radical (unpaired) electrons. The number of rotatable bonds is 5. The van der Waals surface area contributed by atoms with Gasteiger partial charge >= 0.3 is 0 Å². The van der Waals surface area contributed by atoms with E-state index in [0.29, 0.717) is 5.75 Å². The van der Waals surface area contributed by atoms with E-state index in [1.165, 1.54) is 17.7 Å². The second-order valence-corrected chi connectivity index (χ2v) is 4.67. The lowest BCUT2D eigenvalue weighted by molar-refractivity contribution is 0.399. The number of nitrogens with one attached hydrogen (secondary N) is 1. The lowest BCUT2D eigenvalue weighted by Crippen LogP contribution is -2.18. The summed E-state index contributed by atoms with van der Waals surface area (Å²) in [6.45, 7) is 2.74. The quantitative estimate of drug-likeness (QED) is 0.896. The minimum absolute atomic E-state index is 0.0193. The molecule has 0 aliphatic rings. The molecule has 1 heterocycles. The van der Waals surface area contributed by atoms with Gasteiger partial charge in [-0.3, -0.25) is 0 Å². The van der Waals surface area contributed by atoms with E-state index in [9.17, 15) is 4.39 Å². The summed E-state index contributed by atoms with van der Waals surface area (Å²) in [4.78, 5) is 0. The fourth-order valence-electron chi connectivity index (χ4n) is 2.09. The summed E-state index contributed by atoms with van der Waals surface area (Å²) in [7, 11) is 3.59. The third-order valence-corrected chi connectivity index (χ3v) is 3.16. The van der Waals surface area contributed by atoms with Crippen LogP contribution in [-0.4, -0.2) is 11.7 Å². The number of hydrogen-bond donors (Lipinski definition) is 1. The van der Waals surface area contributed by atoms with Gasteiger partial charge in [-0.1, -0.05) is 0 Å². The Labute approximate surface area is 113 Å². The maximum atomic E-state index is 13.3. The highest BCUT2D eigenvalue weighted by Crippen LogP contribution is 2.25. The van der Waals surface area contributed by atoms with Crippen LogP contribution in [0.25, 0.3) is 0 Å². The van der Waals surface area contributed by atoms with E-state index in [1.807, 2.05) is 24.7 Å². The smallest absolute Gasteiger partial charge is 0.123 e. The van der Waals surface area contributed by atoms with Gasteiger partial charge in [-0.25, -0.2) is 4.39 Å². The van der Waals surface area contributed by atoms with Gasteiger partial charge in [-0.2, -0.15) is 0 Å². The van der Waals surface area contributed by atoms with Crippen molar-refractivity contribution in [2.75, 3.05) is 7.11 Å². The number of benzene rings is 1. The van der Waals surface area contributed by atoms with Crippen molar-refractivity contribution < 1.29 is 9.13 Å². The molecule has 0 aliphatic heterocycles. The topological polar surface area (TPSA) is 26.2 Å². The van der Waals surface area contributed by atoms with Gasteiger partial charge in [0, 0.05) is 37.6 Å². The summed E-state index contributed by atoms with van der Waals surface area (Å²) in [5.74, 6) is 0.457.